The van der Waals surface area contributed by atoms with Crippen LogP contribution in [0.25, 0.3) is 0 Å². The molecule has 0 unspecified atom stereocenters. The van der Waals surface area contributed by atoms with E-state index in [2.05, 4.69) is 0 Å². The van der Waals surface area contributed by atoms with Gasteiger partial charge in [-0.2, -0.15) is 0 Å². The molecule has 4 N–H and O–H groups in total. The fourth-order valence-corrected chi connectivity index (χ4v) is 0. The summed E-state index contributed by atoms with van der Waals surface area (Å²) in [5.41, 5.74) is 9.81. The Hall–Kier alpha value is 3.22. The fraction of sp³-hybridized carbons (Fsp3) is 1.00. The molecule has 0 aromatic carbocycles. The van der Waals surface area contributed by atoms with E-state index in [1.165, 1.54) is 0 Å². The second kappa shape index (κ2) is 43.0. The molecule has 0 aliphatic carbocycles. The molecule has 0 aromatic rings. The van der Waals surface area contributed by atoms with E-state index in [0.717, 1.165) is 0 Å². The molecule has 2 nitrogen and oxygen atoms in total. The van der Waals surface area contributed by atoms with Gasteiger partial charge in [0.15, 0.2) is 0 Å². The Morgan fingerprint density at radius 3 is 0.778 bits per heavy atom. The van der Waals surface area contributed by atoms with Crippen molar-refractivity contribution in [1.82, 2.24) is 0 Å². The predicted octanol–water partition coefficient (Wildman–Crippen LogP) is -3.00. The number of rotatable bonds is 1. The minimum absolute atomic E-state index is 0. The van der Waals surface area contributed by atoms with Crippen molar-refractivity contribution >= 4 is 103 Å². The molecule has 0 aromatic heterocycles. The summed E-state index contributed by atoms with van der Waals surface area (Å²) in [6, 6.07) is 0. The average Bonchev–Trinajstić information content (AvgIpc) is 1.37. The maximum absolute atomic E-state index is 4.90. The first-order valence-corrected chi connectivity index (χ1v) is 1.32. The molecule has 0 rings (SSSR count). The Kier molecular flexibility index (Phi) is 190. The van der Waals surface area contributed by atoms with Crippen molar-refractivity contribution in [2.75, 3.05) is 13.1 Å². The molecule has 0 aliphatic rings. The molecule has 0 saturated heterocycles. The summed E-state index contributed by atoms with van der Waals surface area (Å²) < 4.78 is 0. The van der Waals surface area contributed by atoms with Gasteiger partial charge in [-0.05, 0) is 0 Å². The molecular formula is C2H8In2N2Se3. The molecule has 0 amide bonds. The van der Waals surface area contributed by atoms with E-state index in [0.29, 0.717) is 13.1 Å². The van der Waals surface area contributed by atoms with Gasteiger partial charge in [-0.25, -0.2) is 0 Å². The molecule has 0 bridgehead atoms. The predicted molar refractivity (Wildman–Crippen MR) is 46.9 cm³/mol. The van der Waals surface area contributed by atoms with Crippen LogP contribution in [0, 0.1) is 0 Å². The summed E-state index contributed by atoms with van der Waals surface area (Å²) in [6.45, 7) is 1.19. The Labute approximate surface area is 125 Å². The van der Waals surface area contributed by atoms with Crippen molar-refractivity contribution in [2.45, 2.75) is 0 Å². The van der Waals surface area contributed by atoms with Gasteiger partial charge in [0.2, 0.25) is 0 Å². The first-order chi connectivity index (χ1) is 1.91. The minimum Gasteiger partial charge on any atom is -2.00 e. The molecule has 0 radical (unpaired) electrons. The van der Waals surface area contributed by atoms with Gasteiger partial charge in [-0.1, -0.05) is 0 Å². The topological polar surface area (TPSA) is 52.0 Å². The van der Waals surface area contributed by atoms with Crippen molar-refractivity contribution in [2.24, 2.45) is 11.5 Å². The third kappa shape index (κ3) is 53.6. The van der Waals surface area contributed by atoms with Crippen LogP contribution in [0.5, 0.6) is 0 Å². The van der Waals surface area contributed by atoms with E-state index >= 15 is 0 Å². The molecular weight excluding hydrogens is 519 g/mol. The van der Waals surface area contributed by atoms with Gasteiger partial charge < -0.3 is 62.7 Å². The van der Waals surface area contributed by atoms with Crippen molar-refractivity contribution in [1.29, 1.82) is 0 Å². The van der Waals surface area contributed by atoms with Gasteiger partial charge in [0, 0.05) is 13.1 Å². The second-order valence-corrected chi connectivity index (χ2v) is 0.577. The number of nitrogens with two attached hydrogens (primary N) is 2. The monoisotopic (exact) mass is 530 g/mol. The smallest absolute Gasteiger partial charge is 2.00 e. The van der Waals surface area contributed by atoms with E-state index in [1.807, 2.05) is 0 Å². The molecule has 7 heteroatoms. The first-order valence-electron chi connectivity index (χ1n) is 1.32. The van der Waals surface area contributed by atoms with E-state index in [4.69, 9.17) is 11.5 Å². The SMILES string of the molecule is NCCN.[In+3].[In+3].[Se-2].[Se-2].[Se-2]. The third-order valence-electron chi connectivity index (χ3n) is 0.167. The van der Waals surface area contributed by atoms with Crippen LogP contribution < -0.4 is 11.5 Å². The average molecular weight is 527 g/mol. The van der Waals surface area contributed by atoms with Crippen LogP contribution >= 0.6 is 0 Å². The second-order valence-electron chi connectivity index (χ2n) is 0.577. The van der Waals surface area contributed by atoms with Crippen LogP contribution in [0.4, 0.5) is 0 Å². The first kappa shape index (κ1) is 39.8. The van der Waals surface area contributed by atoms with Gasteiger partial charge in [0.1, 0.15) is 0 Å². The minimum atomic E-state index is 0. The molecule has 0 saturated carbocycles. The molecule has 0 spiro atoms. The van der Waals surface area contributed by atoms with Gasteiger partial charge in [-0.3, -0.25) is 0 Å². The van der Waals surface area contributed by atoms with Gasteiger partial charge >= 0.3 is 51.7 Å². The standard InChI is InChI=1S/C2H8N2.2In.3Se/c3-1-2-4;;;;;/h1-4H2;;;;;/q;2*+3;3*-2. The summed E-state index contributed by atoms with van der Waals surface area (Å²) in [7, 11) is 0. The molecule has 0 fully saturated rings. The van der Waals surface area contributed by atoms with Crippen molar-refractivity contribution < 1.29 is 0 Å². The maximum atomic E-state index is 4.90. The van der Waals surface area contributed by atoms with Crippen LogP contribution in [-0.2, 0) is 0 Å². The number of hydrogen-bond acceptors (Lipinski definition) is 2. The summed E-state index contributed by atoms with van der Waals surface area (Å²) in [5, 5.41) is 0. The van der Waals surface area contributed by atoms with Crippen molar-refractivity contribution in [3.8, 4) is 0 Å². The van der Waals surface area contributed by atoms with E-state index in [-0.39, 0.29) is 103 Å². The summed E-state index contributed by atoms with van der Waals surface area (Å²) in [6.07, 6.45) is 0. The Morgan fingerprint density at radius 2 is 0.778 bits per heavy atom. The molecule has 9 heavy (non-hydrogen) atoms. The summed E-state index contributed by atoms with van der Waals surface area (Å²) >= 11 is 0. The summed E-state index contributed by atoms with van der Waals surface area (Å²) in [4.78, 5) is 0. The van der Waals surface area contributed by atoms with Crippen molar-refractivity contribution in [3.05, 3.63) is 0 Å². The maximum Gasteiger partial charge on any atom is 3.00 e. The van der Waals surface area contributed by atoms with Gasteiger partial charge in [0.25, 0.3) is 0 Å². The van der Waals surface area contributed by atoms with E-state index in [1.54, 1.807) is 0 Å². The number of hydrogen-bond donors (Lipinski definition) is 2. The molecule has 50 valence electrons. The molecule has 0 aliphatic heterocycles. The van der Waals surface area contributed by atoms with Crippen LogP contribution in [-0.4, -0.2) is 116 Å². The Balaban J connectivity index is -0.00000000450. The van der Waals surface area contributed by atoms with Crippen LogP contribution in [0.3, 0.4) is 0 Å². The molecule has 0 atom stereocenters. The van der Waals surface area contributed by atoms with Gasteiger partial charge in [0.05, 0.1) is 0 Å². The van der Waals surface area contributed by atoms with Crippen LogP contribution in [0.1, 0.15) is 0 Å². The third-order valence-corrected chi connectivity index (χ3v) is 0.167. The molecule has 0 heterocycles. The van der Waals surface area contributed by atoms with Crippen molar-refractivity contribution in [3.63, 3.8) is 0 Å². The fourth-order valence-electron chi connectivity index (χ4n) is 0. The Bertz CT molecular complexity index is 19.8. The van der Waals surface area contributed by atoms with Crippen LogP contribution in [0.15, 0.2) is 0 Å². The zero-order chi connectivity index (χ0) is 3.41. The zero-order valence-electron chi connectivity index (χ0n) is 4.95. The van der Waals surface area contributed by atoms with Crippen LogP contribution in [0.2, 0.25) is 0 Å². The summed E-state index contributed by atoms with van der Waals surface area (Å²) in [5.74, 6) is 0. The van der Waals surface area contributed by atoms with E-state index < -0.39 is 0 Å². The van der Waals surface area contributed by atoms with Gasteiger partial charge in [-0.15, -0.1) is 0 Å². The Morgan fingerprint density at radius 1 is 0.667 bits per heavy atom. The zero-order valence-corrected chi connectivity index (χ0v) is 16.7. The normalized spacial score (nSPS) is 3.33. The quantitative estimate of drug-likeness (QED) is 0.358. The van der Waals surface area contributed by atoms with E-state index in [9.17, 15) is 0 Å². The largest absolute Gasteiger partial charge is 3.00 e.